The molecule has 0 saturated heterocycles. The summed E-state index contributed by atoms with van der Waals surface area (Å²) in [6, 6.07) is 4.56. The van der Waals surface area contributed by atoms with Gasteiger partial charge < -0.3 is 5.32 Å². The number of anilines is 1. The van der Waals surface area contributed by atoms with E-state index < -0.39 is 0 Å². The predicted molar refractivity (Wildman–Crippen MR) is 52.9 cm³/mol. The molecule has 1 unspecified atom stereocenters. The molecule has 1 aromatic rings. The standard InChI is InChI=1S/C11H12FNO/c1-7(14)9-4-5-13-11-3-2-8(12)6-10(9)11/h2-3,6,9,13H,4-5H2,1H3. The van der Waals surface area contributed by atoms with Gasteiger partial charge in [-0.25, -0.2) is 4.39 Å². The number of ketones is 1. The molecule has 0 bridgehead atoms. The van der Waals surface area contributed by atoms with Gasteiger partial charge in [-0.3, -0.25) is 4.79 Å². The summed E-state index contributed by atoms with van der Waals surface area (Å²) >= 11 is 0. The van der Waals surface area contributed by atoms with Crippen molar-refractivity contribution in [3.05, 3.63) is 29.6 Å². The Bertz CT molecular complexity index is 376. The van der Waals surface area contributed by atoms with Crippen molar-refractivity contribution in [1.82, 2.24) is 0 Å². The van der Waals surface area contributed by atoms with Crippen LogP contribution in [-0.4, -0.2) is 12.3 Å². The van der Waals surface area contributed by atoms with Crippen LogP contribution in [0, 0.1) is 5.82 Å². The molecule has 1 aromatic carbocycles. The van der Waals surface area contributed by atoms with Crippen molar-refractivity contribution in [3.8, 4) is 0 Å². The van der Waals surface area contributed by atoms with Crippen LogP contribution in [0.15, 0.2) is 18.2 Å². The summed E-state index contributed by atoms with van der Waals surface area (Å²) in [5.41, 5.74) is 1.68. The number of hydrogen-bond donors (Lipinski definition) is 1. The Balaban J connectivity index is 2.46. The SMILES string of the molecule is CC(=O)C1CCNc2ccc(F)cc21. The van der Waals surface area contributed by atoms with E-state index in [4.69, 9.17) is 0 Å². The molecule has 0 amide bonds. The highest BCUT2D eigenvalue weighted by atomic mass is 19.1. The Morgan fingerprint density at radius 1 is 1.57 bits per heavy atom. The fourth-order valence-corrected chi connectivity index (χ4v) is 1.91. The number of halogens is 1. The quantitative estimate of drug-likeness (QED) is 0.741. The van der Waals surface area contributed by atoms with Crippen LogP contribution in [0.2, 0.25) is 0 Å². The minimum Gasteiger partial charge on any atom is -0.385 e. The highest BCUT2D eigenvalue weighted by Gasteiger charge is 2.23. The predicted octanol–water partition coefficient (Wildman–Crippen LogP) is 2.31. The molecule has 0 saturated carbocycles. The first-order valence-corrected chi connectivity index (χ1v) is 4.72. The monoisotopic (exact) mass is 193 g/mol. The molecule has 1 heterocycles. The number of benzene rings is 1. The Labute approximate surface area is 82.1 Å². The lowest BCUT2D eigenvalue weighted by Gasteiger charge is -2.24. The van der Waals surface area contributed by atoms with Gasteiger partial charge in [-0.2, -0.15) is 0 Å². The van der Waals surface area contributed by atoms with E-state index in [0.717, 1.165) is 24.2 Å². The van der Waals surface area contributed by atoms with Crippen LogP contribution in [0.25, 0.3) is 0 Å². The second-order valence-electron chi connectivity index (χ2n) is 3.61. The van der Waals surface area contributed by atoms with E-state index in [1.807, 2.05) is 0 Å². The number of fused-ring (bicyclic) bond motifs is 1. The van der Waals surface area contributed by atoms with Gasteiger partial charge in [-0.1, -0.05) is 0 Å². The van der Waals surface area contributed by atoms with Gasteiger partial charge in [0.15, 0.2) is 0 Å². The van der Waals surface area contributed by atoms with Crippen molar-refractivity contribution in [3.63, 3.8) is 0 Å². The second-order valence-corrected chi connectivity index (χ2v) is 3.61. The van der Waals surface area contributed by atoms with Crippen molar-refractivity contribution in [2.75, 3.05) is 11.9 Å². The number of carbonyl (C=O) groups is 1. The lowest BCUT2D eigenvalue weighted by atomic mass is 9.88. The summed E-state index contributed by atoms with van der Waals surface area (Å²) in [5.74, 6) is -0.306. The largest absolute Gasteiger partial charge is 0.385 e. The highest BCUT2D eigenvalue weighted by molar-refractivity contribution is 5.86. The molecule has 2 rings (SSSR count). The fraction of sp³-hybridized carbons (Fsp3) is 0.364. The molecule has 0 aromatic heterocycles. The van der Waals surface area contributed by atoms with Gasteiger partial charge in [-0.05, 0) is 37.1 Å². The van der Waals surface area contributed by atoms with Gasteiger partial charge in [0.05, 0.1) is 0 Å². The second kappa shape index (κ2) is 3.40. The molecule has 0 aliphatic carbocycles. The maximum absolute atomic E-state index is 13.0. The molecule has 0 radical (unpaired) electrons. The van der Waals surface area contributed by atoms with Crippen molar-refractivity contribution < 1.29 is 9.18 Å². The third-order valence-electron chi connectivity index (χ3n) is 2.63. The molecular weight excluding hydrogens is 181 g/mol. The minimum atomic E-state index is -0.279. The van der Waals surface area contributed by atoms with Gasteiger partial charge in [0, 0.05) is 18.2 Å². The van der Waals surface area contributed by atoms with Crippen LogP contribution < -0.4 is 5.32 Å². The Kier molecular flexibility index (Phi) is 2.23. The maximum atomic E-state index is 13.0. The summed E-state index contributed by atoms with van der Waals surface area (Å²) < 4.78 is 13.0. The van der Waals surface area contributed by atoms with Gasteiger partial charge in [0.2, 0.25) is 0 Å². The zero-order valence-corrected chi connectivity index (χ0v) is 8.01. The molecule has 74 valence electrons. The molecule has 2 nitrogen and oxygen atoms in total. The lowest BCUT2D eigenvalue weighted by Crippen LogP contribution is -2.21. The minimum absolute atomic E-state index is 0.110. The highest BCUT2D eigenvalue weighted by Crippen LogP contribution is 2.32. The van der Waals surface area contributed by atoms with E-state index in [1.165, 1.54) is 12.1 Å². The fourth-order valence-electron chi connectivity index (χ4n) is 1.91. The molecule has 0 spiro atoms. The normalized spacial score (nSPS) is 19.7. The number of carbonyl (C=O) groups excluding carboxylic acids is 1. The van der Waals surface area contributed by atoms with Crippen LogP contribution in [0.1, 0.15) is 24.8 Å². The Morgan fingerprint density at radius 3 is 3.07 bits per heavy atom. The first-order valence-electron chi connectivity index (χ1n) is 4.72. The van der Waals surface area contributed by atoms with Gasteiger partial charge >= 0.3 is 0 Å². The molecule has 1 aliphatic heterocycles. The van der Waals surface area contributed by atoms with E-state index in [0.29, 0.717) is 0 Å². The van der Waals surface area contributed by atoms with Crippen molar-refractivity contribution >= 4 is 11.5 Å². The molecule has 14 heavy (non-hydrogen) atoms. The third-order valence-corrected chi connectivity index (χ3v) is 2.63. The third kappa shape index (κ3) is 1.50. The van der Waals surface area contributed by atoms with Crippen LogP contribution in [0.5, 0.6) is 0 Å². The summed E-state index contributed by atoms with van der Waals surface area (Å²) in [4.78, 5) is 11.3. The number of Topliss-reactive ketones (excluding diaryl/α,β-unsaturated/α-hetero) is 1. The number of hydrogen-bond acceptors (Lipinski definition) is 2. The first kappa shape index (κ1) is 9.19. The Hall–Kier alpha value is -1.38. The molecule has 0 fully saturated rings. The average molecular weight is 193 g/mol. The smallest absolute Gasteiger partial charge is 0.137 e. The summed E-state index contributed by atoms with van der Waals surface area (Å²) in [6.45, 7) is 2.34. The zero-order valence-electron chi connectivity index (χ0n) is 8.01. The van der Waals surface area contributed by atoms with Crippen LogP contribution in [0.3, 0.4) is 0 Å². The number of rotatable bonds is 1. The molecule has 1 aliphatic rings. The van der Waals surface area contributed by atoms with Crippen molar-refractivity contribution in [1.29, 1.82) is 0 Å². The summed E-state index contributed by atoms with van der Waals surface area (Å²) in [7, 11) is 0. The molecule has 1 N–H and O–H groups in total. The lowest BCUT2D eigenvalue weighted by molar-refractivity contribution is -0.118. The van der Waals surface area contributed by atoms with Crippen molar-refractivity contribution in [2.45, 2.75) is 19.3 Å². The van der Waals surface area contributed by atoms with Crippen molar-refractivity contribution in [2.24, 2.45) is 0 Å². The maximum Gasteiger partial charge on any atom is 0.137 e. The molecule has 1 atom stereocenters. The van der Waals surface area contributed by atoms with Crippen LogP contribution in [0.4, 0.5) is 10.1 Å². The van der Waals surface area contributed by atoms with E-state index in [2.05, 4.69) is 5.32 Å². The van der Waals surface area contributed by atoms with Crippen LogP contribution in [-0.2, 0) is 4.79 Å². The Morgan fingerprint density at radius 2 is 2.36 bits per heavy atom. The van der Waals surface area contributed by atoms with Gasteiger partial charge in [0.25, 0.3) is 0 Å². The molecular formula is C11H12FNO. The van der Waals surface area contributed by atoms with E-state index in [9.17, 15) is 9.18 Å². The topological polar surface area (TPSA) is 29.1 Å². The van der Waals surface area contributed by atoms with Gasteiger partial charge in [0.1, 0.15) is 11.6 Å². The van der Waals surface area contributed by atoms with Gasteiger partial charge in [-0.15, -0.1) is 0 Å². The summed E-state index contributed by atoms with van der Waals surface area (Å²) in [5, 5.41) is 3.16. The number of nitrogens with one attached hydrogen (secondary N) is 1. The molecule has 3 heteroatoms. The van der Waals surface area contributed by atoms with Crippen LogP contribution >= 0.6 is 0 Å². The van der Waals surface area contributed by atoms with E-state index in [-0.39, 0.29) is 17.5 Å². The van der Waals surface area contributed by atoms with E-state index >= 15 is 0 Å². The summed E-state index contributed by atoms with van der Waals surface area (Å²) in [6.07, 6.45) is 0.756. The first-order chi connectivity index (χ1) is 6.68. The van der Waals surface area contributed by atoms with E-state index in [1.54, 1.807) is 13.0 Å². The zero-order chi connectivity index (χ0) is 10.1. The average Bonchev–Trinajstić information content (AvgIpc) is 2.16.